The molecule has 2 aromatic heterocycles. The molecule has 3 aromatic rings. The quantitative estimate of drug-likeness (QED) is 0.696. The fourth-order valence-electron chi connectivity index (χ4n) is 2.19. The van der Waals surface area contributed by atoms with Gasteiger partial charge in [0, 0.05) is 36.2 Å². The van der Waals surface area contributed by atoms with Crippen LogP contribution in [0.15, 0.2) is 53.8 Å². The molecule has 1 amide bonds. The maximum absolute atomic E-state index is 12.2. The number of nitrogens with one attached hydrogen (secondary N) is 2. The number of alkyl halides is 3. The summed E-state index contributed by atoms with van der Waals surface area (Å²) < 4.78 is 36.7. The molecule has 0 fully saturated rings. The predicted octanol–water partition coefficient (Wildman–Crippen LogP) is 4.10. The van der Waals surface area contributed by atoms with E-state index in [0.29, 0.717) is 6.54 Å². The van der Waals surface area contributed by atoms with E-state index in [0.717, 1.165) is 22.7 Å². The van der Waals surface area contributed by atoms with Crippen LogP contribution in [0.3, 0.4) is 0 Å². The van der Waals surface area contributed by atoms with Crippen LogP contribution >= 0.6 is 11.8 Å². The van der Waals surface area contributed by atoms with Crippen molar-refractivity contribution in [3.8, 4) is 0 Å². The van der Waals surface area contributed by atoms with Gasteiger partial charge in [-0.2, -0.15) is 13.2 Å². The Balaban J connectivity index is 1.62. The molecule has 0 bridgehead atoms. The molecular weight excluding hydrogens is 339 g/mol. The Morgan fingerprint density at radius 1 is 1.21 bits per heavy atom. The van der Waals surface area contributed by atoms with Crippen molar-refractivity contribution in [2.24, 2.45) is 0 Å². The first-order valence-corrected chi connectivity index (χ1v) is 7.78. The second-order valence-corrected chi connectivity index (χ2v) is 6.10. The molecule has 3 rings (SSSR count). The number of aromatic amines is 1. The number of benzene rings is 1. The number of halogens is 3. The first kappa shape index (κ1) is 16.4. The molecule has 0 atom stereocenters. The van der Waals surface area contributed by atoms with Crippen LogP contribution in [0.1, 0.15) is 15.9 Å². The zero-order chi connectivity index (χ0) is 17.2. The Kier molecular flexibility index (Phi) is 4.48. The van der Waals surface area contributed by atoms with Gasteiger partial charge in [0.05, 0.1) is 5.56 Å². The molecule has 124 valence electrons. The summed E-state index contributed by atoms with van der Waals surface area (Å²) >= 11 is -0.312. The molecule has 0 unspecified atom stereocenters. The minimum atomic E-state index is -4.40. The molecule has 1 aromatic carbocycles. The maximum Gasteiger partial charge on any atom is 0.447 e. The van der Waals surface area contributed by atoms with Gasteiger partial charge in [-0.3, -0.25) is 4.79 Å². The number of fused-ring (bicyclic) bond motifs is 1. The number of thioether (sulfide) groups is 1. The normalized spacial score (nSPS) is 11.6. The summed E-state index contributed by atoms with van der Waals surface area (Å²) in [6.07, 6.45) is 2.97. The molecule has 0 radical (unpaired) electrons. The van der Waals surface area contributed by atoms with Gasteiger partial charge in [0.2, 0.25) is 0 Å². The number of amides is 1. The highest BCUT2D eigenvalue weighted by Crippen LogP contribution is 2.35. The lowest BCUT2D eigenvalue weighted by Crippen LogP contribution is -2.22. The summed E-state index contributed by atoms with van der Waals surface area (Å²) in [5.41, 5.74) is -2.25. The summed E-state index contributed by atoms with van der Waals surface area (Å²) in [5.74, 6) is -0.389. The van der Waals surface area contributed by atoms with E-state index in [2.05, 4.69) is 15.3 Å². The maximum atomic E-state index is 12.2. The lowest BCUT2D eigenvalue weighted by Gasteiger charge is -2.07. The number of carbonyl (C=O) groups excluding carboxylic acids is 1. The number of hydrogen-bond acceptors (Lipinski definition) is 3. The number of nitrogens with zero attached hydrogens (tertiary/aromatic N) is 1. The monoisotopic (exact) mass is 351 g/mol. The molecule has 0 spiro atoms. The van der Waals surface area contributed by atoms with Gasteiger partial charge in [0.1, 0.15) is 5.03 Å². The molecule has 0 aliphatic carbocycles. The first-order valence-electron chi connectivity index (χ1n) is 6.97. The third kappa shape index (κ3) is 4.08. The summed E-state index contributed by atoms with van der Waals surface area (Å²) in [7, 11) is 0. The van der Waals surface area contributed by atoms with Crippen LogP contribution in [0, 0.1) is 0 Å². The van der Waals surface area contributed by atoms with E-state index < -0.39 is 5.51 Å². The van der Waals surface area contributed by atoms with Crippen LogP contribution in [-0.2, 0) is 6.54 Å². The fourth-order valence-corrected chi connectivity index (χ4v) is 2.67. The predicted molar refractivity (Wildman–Crippen MR) is 85.6 cm³/mol. The average Bonchev–Trinajstić information content (AvgIpc) is 2.99. The molecule has 8 heteroatoms. The fraction of sp³-hybridized carbons (Fsp3) is 0.125. The van der Waals surface area contributed by atoms with Crippen molar-refractivity contribution < 1.29 is 18.0 Å². The Morgan fingerprint density at radius 3 is 2.75 bits per heavy atom. The molecule has 4 nitrogen and oxygen atoms in total. The number of hydrogen-bond donors (Lipinski definition) is 2. The minimum absolute atomic E-state index is 0.197. The van der Waals surface area contributed by atoms with E-state index in [1.54, 1.807) is 0 Å². The third-order valence-corrected chi connectivity index (χ3v) is 3.97. The SMILES string of the molecule is O=C(NCc1ccc2[nH]ccc2c1)c1ccc(SC(F)(F)F)nc1. The summed E-state index contributed by atoms with van der Waals surface area (Å²) in [5, 5.41) is 3.56. The Morgan fingerprint density at radius 2 is 2.04 bits per heavy atom. The number of carbonyl (C=O) groups is 1. The Bertz CT molecular complexity index is 859. The van der Waals surface area contributed by atoms with E-state index in [1.807, 2.05) is 30.5 Å². The van der Waals surface area contributed by atoms with Gasteiger partial charge < -0.3 is 10.3 Å². The molecule has 2 heterocycles. The van der Waals surface area contributed by atoms with Crippen LogP contribution in [0.25, 0.3) is 10.9 Å². The van der Waals surface area contributed by atoms with Gasteiger partial charge in [-0.05, 0) is 41.3 Å². The van der Waals surface area contributed by atoms with E-state index in [1.165, 1.54) is 12.1 Å². The second-order valence-electron chi connectivity index (χ2n) is 5.01. The van der Waals surface area contributed by atoms with Crippen molar-refractivity contribution in [3.05, 3.63) is 59.9 Å². The smallest absolute Gasteiger partial charge is 0.361 e. The van der Waals surface area contributed by atoms with Crippen molar-refractivity contribution in [3.63, 3.8) is 0 Å². The standard InChI is InChI=1S/C16H12F3N3OS/c17-16(18,19)24-14-4-2-12(9-21-14)15(23)22-8-10-1-3-13-11(7-10)5-6-20-13/h1-7,9,20H,8H2,(H,22,23). The summed E-state index contributed by atoms with van der Waals surface area (Å²) in [6, 6.07) is 10.2. The molecule has 24 heavy (non-hydrogen) atoms. The number of pyridine rings is 1. The summed E-state index contributed by atoms with van der Waals surface area (Å²) in [6.45, 7) is 0.318. The van der Waals surface area contributed by atoms with E-state index >= 15 is 0 Å². The highest BCUT2D eigenvalue weighted by Gasteiger charge is 2.30. The van der Waals surface area contributed by atoms with Crippen molar-refractivity contribution in [1.29, 1.82) is 0 Å². The molecule has 0 aliphatic rings. The Hall–Kier alpha value is -2.48. The van der Waals surface area contributed by atoms with Crippen LogP contribution < -0.4 is 5.32 Å². The van der Waals surface area contributed by atoms with Crippen LogP contribution in [0.2, 0.25) is 0 Å². The molecule has 0 saturated carbocycles. The zero-order valence-electron chi connectivity index (χ0n) is 12.2. The van der Waals surface area contributed by atoms with Gasteiger partial charge in [-0.25, -0.2) is 4.98 Å². The average molecular weight is 351 g/mol. The van der Waals surface area contributed by atoms with Gasteiger partial charge >= 0.3 is 5.51 Å². The number of H-pyrrole nitrogens is 1. The number of rotatable bonds is 4. The van der Waals surface area contributed by atoms with Crippen molar-refractivity contribution >= 4 is 28.6 Å². The van der Waals surface area contributed by atoms with E-state index in [9.17, 15) is 18.0 Å². The lowest BCUT2D eigenvalue weighted by atomic mass is 10.1. The highest BCUT2D eigenvalue weighted by molar-refractivity contribution is 8.00. The molecular formula is C16H12F3N3OS. The van der Waals surface area contributed by atoms with Crippen molar-refractivity contribution in [1.82, 2.24) is 15.3 Å². The molecule has 0 aliphatic heterocycles. The topological polar surface area (TPSA) is 57.8 Å². The Labute approximate surface area is 139 Å². The minimum Gasteiger partial charge on any atom is -0.361 e. The van der Waals surface area contributed by atoms with Gasteiger partial charge in [0.25, 0.3) is 5.91 Å². The number of aromatic nitrogens is 2. The van der Waals surface area contributed by atoms with Crippen molar-refractivity contribution in [2.45, 2.75) is 17.1 Å². The highest BCUT2D eigenvalue weighted by atomic mass is 32.2. The first-order chi connectivity index (χ1) is 11.4. The second kappa shape index (κ2) is 6.56. The van der Waals surface area contributed by atoms with Crippen molar-refractivity contribution in [2.75, 3.05) is 0 Å². The van der Waals surface area contributed by atoms with Crippen LogP contribution in [0.4, 0.5) is 13.2 Å². The molecule has 0 saturated heterocycles. The van der Waals surface area contributed by atoms with Crippen LogP contribution in [0.5, 0.6) is 0 Å². The lowest BCUT2D eigenvalue weighted by molar-refractivity contribution is -0.0329. The van der Waals surface area contributed by atoms with E-state index in [4.69, 9.17) is 0 Å². The summed E-state index contributed by atoms with van der Waals surface area (Å²) in [4.78, 5) is 18.8. The van der Waals surface area contributed by atoms with Gasteiger partial charge in [-0.1, -0.05) is 6.07 Å². The third-order valence-electron chi connectivity index (χ3n) is 3.29. The zero-order valence-corrected chi connectivity index (χ0v) is 13.0. The van der Waals surface area contributed by atoms with E-state index in [-0.39, 0.29) is 28.3 Å². The van der Waals surface area contributed by atoms with Crippen LogP contribution in [-0.4, -0.2) is 21.4 Å². The molecule has 2 N–H and O–H groups in total. The van der Waals surface area contributed by atoms with Gasteiger partial charge in [-0.15, -0.1) is 0 Å². The van der Waals surface area contributed by atoms with Gasteiger partial charge in [0.15, 0.2) is 0 Å². The largest absolute Gasteiger partial charge is 0.447 e.